The average Bonchev–Trinajstić information content (AvgIpc) is 3.03. The van der Waals surface area contributed by atoms with Crippen molar-refractivity contribution < 1.29 is 32.7 Å². The summed E-state index contributed by atoms with van der Waals surface area (Å²) in [6, 6.07) is 13.3. The van der Waals surface area contributed by atoms with Crippen LogP contribution in [0.15, 0.2) is 54.6 Å². The molecule has 0 spiro atoms. The molecule has 3 rings (SSSR count). The molecule has 9 heteroatoms. The summed E-state index contributed by atoms with van der Waals surface area (Å²) in [7, 11) is 1.11. The Hall–Kier alpha value is -3.62. The van der Waals surface area contributed by atoms with Crippen LogP contribution in [0.1, 0.15) is 26.3 Å². The smallest absolute Gasteiger partial charge is 0.328 e. The number of nitrogens with zero attached hydrogens (tertiary/aromatic N) is 1. The summed E-state index contributed by atoms with van der Waals surface area (Å²) in [5.41, 5.74) is 0.859. The Morgan fingerprint density at radius 1 is 0.968 bits per heavy atom. The summed E-state index contributed by atoms with van der Waals surface area (Å²) in [6.07, 6.45) is -5.16. The Bertz CT molecular complexity index is 963. The second-order valence-electron chi connectivity index (χ2n) is 6.96. The largest absolute Gasteiger partial charge is 0.467 e. The first kappa shape index (κ1) is 22.1. The molecule has 0 unspecified atom stereocenters. The molecule has 1 aliphatic rings. The lowest BCUT2D eigenvalue weighted by Crippen LogP contribution is -2.50. The van der Waals surface area contributed by atoms with E-state index in [1.807, 2.05) is 0 Å². The number of rotatable bonds is 8. The van der Waals surface area contributed by atoms with E-state index in [2.05, 4.69) is 10.1 Å². The summed E-state index contributed by atoms with van der Waals surface area (Å²) in [6.45, 7) is -0.928. The molecule has 1 N–H and O–H groups in total. The number of nitrogens with one attached hydrogen (secondary N) is 1. The van der Waals surface area contributed by atoms with E-state index in [0.29, 0.717) is 10.5 Å². The van der Waals surface area contributed by atoms with Gasteiger partial charge in [0.05, 0.1) is 24.8 Å². The standard InChI is InChI=1S/C22H20F2N2O5/c1-31-22(30)17(11-13-7-3-2-4-8-13)25-19(27)18(24)16(23)12-26-20(28)14-9-5-6-10-15(14)21(26)29/h2-10,16-18H,11-12H2,1H3,(H,25,27)/t16-,17-,18-/m0/s1. The maximum Gasteiger partial charge on any atom is 0.328 e. The molecule has 7 nitrogen and oxygen atoms in total. The second kappa shape index (κ2) is 9.46. The van der Waals surface area contributed by atoms with Crippen molar-refractivity contribution in [2.24, 2.45) is 0 Å². The van der Waals surface area contributed by atoms with Crippen molar-refractivity contribution >= 4 is 23.7 Å². The van der Waals surface area contributed by atoms with Crippen LogP contribution in [0.25, 0.3) is 0 Å². The molecule has 1 aliphatic heterocycles. The van der Waals surface area contributed by atoms with E-state index >= 15 is 0 Å². The number of halogens is 2. The molecule has 31 heavy (non-hydrogen) atoms. The second-order valence-corrected chi connectivity index (χ2v) is 6.96. The van der Waals surface area contributed by atoms with Crippen molar-refractivity contribution in [2.75, 3.05) is 13.7 Å². The van der Waals surface area contributed by atoms with Crippen LogP contribution in [-0.4, -0.2) is 60.6 Å². The third kappa shape index (κ3) is 4.76. The molecular formula is C22H20F2N2O5. The first-order valence-electron chi connectivity index (χ1n) is 9.49. The molecule has 1 heterocycles. The summed E-state index contributed by atoms with van der Waals surface area (Å²) in [4.78, 5) is 49.4. The molecule has 0 fully saturated rings. The number of esters is 1. The van der Waals surface area contributed by atoms with Crippen molar-refractivity contribution in [3.8, 4) is 0 Å². The van der Waals surface area contributed by atoms with Gasteiger partial charge >= 0.3 is 5.97 Å². The van der Waals surface area contributed by atoms with Gasteiger partial charge in [0, 0.05) is 6.42 Å². The van der Waals surface area contributed by atoms with E-state index in [1.165, 1.54) is 12.1 Å². The number of hydrogen-bond acceptors (Lipinski definition) is 5. The quantitative estimate of drug-likeness (QED) is 0.510. The van der Waals surface area contributed by atoms with Crippen LogP contribution in [0.2, 0.25) is 0 Å². The van der Waals surface area contributed by atoms with Gasteiger partial charge in [-0.25, -0.2) is 13.6 Å². The highest BCUT2D eigenvalue weighted by Gasteiger charge is 2.40. The fourth-order valence-electron chi connectivity index (χ4n) is 3.27. The number of imide groups is 1. The third-order valence-corrected chi connectivity index (χ3v) is 4.89. The molecule has 3 amide bonds. The SMILES string of the molecule is COC(=O)[C@H](Cc1ccccc1)NC(=O)[C@@H](F)[C@@H](F)CN1C(=O)c2ccccc2C1=O. The number of fused-ring (bicyclic) bond motifs is 1. The van der Waals surface area contributed by atoms with Crippen molar-refractivity contribution in [3.05, 3.63) is 71.3 Å². The third-order valence-electron chi connectivity index (χ3n) is 4.89. The van der Waals surface area contributed by atoms with E-state index < -0.39 is 48.6 Å². The molecule has 0 aliphatic carbocycles. The number of carbonyl (C=O) groups is 4. The Morgan fingerprint density at radius 2 is 1.52 bits per heavy atom. The maximum absolute atomic E-state index is 14.5. The molecule has 0 saturated heterocycles. The van der Waals surface area contributed by atoms with Gasteiger partial charge in [0.2, 0.25) is 6.17 Å². The number of carbonyl (C=O) groups excluding carboxylic acids is 4. The monoisotopic (exact) mass is 430 g/mol. The molecule has 162 valence electrons. The molecule has 0 radical (unpaired) electrons. The van der Waals surface area contributed by atoms with Crippen LogP contribution in [0.5, 0.6) is 0 Å². The van der Waals surface area contributed by atoms with Gasteiger partial charge in [-0.05, 0) is 17.7 Å². The highest BCUT2D eigenvalue weighted by Crippen LogP contribution is 2.23. The number of hydrogen-bond donors (Lipinski definition) is 1. The predicted molar refractivity (Wildman–Crippen MR) is 106 cm³/mol. The van der Waals surface area contributed by atoms with Gasteiger partial charge in [-0.1, -0.05) is 42.5 Å². The van der Waals surface area contributed by atoms with Crippen LogP contribution < -0.4 is 5.32 Å². The molecule has 3 atom stereocenters. The summed E-state index contributed by atoms with van der Waals surface area (Å²) in [5.74, 6) is -3.71. The Morgan fingerprint density at radius 3 is 2.06 bits per heavy atom. The van der Waals surface area contributed by atoms with E-state index in [0.717, 1.165) is 7.11 Å². The Kier molecular flexibility index (Phi) is 6.74. The van der Waals surface area contributed by atoms with Crippen molar-refractivity contribution in [2.45, 2.75) is 24.8 Å². The fraction of sp³-hybridized carbons (Fsp3) is 0.273. The lowest BCUT2D eigenvalue weighted by Gasteiger charge is -2.21. The molecule has 0 bridgehead atoms. The molecule has 2 aromatic carbocycles. The van der Waals surface area contributed by atoms with Crippen LogP contribution in [0.4, 0.5) is 8.78 Å². The number of benzene rings is 2. The highest BCUT2D eigenvalue weighted by atomic mass is 19.2. The summed E-state index contributed by atoms with van der Waals surface area (Å²) >= 11 is 0. The highest BCUT2D eigenvalue weighted by molar-refractivity contribution is 6.21. The van der Waals surface area contributed by atoms with Gasteiger partial charge in [0.15, 0.2) is 6.17 Å². The molecule has 0 aromatic heterocycles. The van der Waals surface area contributed by atoms with Crippen molar-refractivity contribution in [1.29, 1.82) is 0 Å². The lowest BCUT2D eigenvalue weighted by molar-refractivity contribution is -0.146. The summed E-state index contributed by atoms with van der Waals surface area (Å²) in [5, 5.41) is 2.14. The number of ether oxygens (including phenoxy) is 1. The van der Waals surface area contributed by atoms with E-state index in [1.54, 1.807) is 42.5 Å². The van der Waals surface area contributed by atoms with E-state index in [9.17, 15) is 28.0 Å². The van der Waals surface area contributed by atoms with Gasteiger partial charge in [0.25, 0.3) is 17.7 Å². The minimum Gasteiger partial charge on any atom is -0.467 e. The van der Waals surface area contributed by atoms with Gasteiger partial charge in [-0.15, -0.1) is 0 Å². The molecule has 2 aromatic rings. The maximum atomic E-state index is 14.5. The van der Waals surface area contributed by atoms with E-state index in [-0.39, 0.29) is 17.5 Å². The van der Waals surface area contributed by atoms with Crippen molar-refractivity contribution in [1.82, 2.24) is 10.2 Å². The first-order valence-corrected chi connectivity index (χ1v) is 9.49. The average molecular weight is 430 g/mol. The fourth-order valence-corrected chi connectivity index (χ4v) is 3.27. The van der Waals surface area contributed by atoms with Gasteiger partial charge in [-0.2, -0.15) is 0 Å². The summed E-state index contributed by atoms with van der Waals surface area (Å²) < 4.78 is 33.7. The molecule has 0 saturated carbocycles. The minimum absolute atomic E-state index is 0.0152. The Labute approximate surface area is 177 Å². The van der Waals surface area contributed by atoms with Crippen molar-refractivity contribution in [3.63, 3.8) is 0 Å². The predicted octanol–water partition coefficient (Wildman–Crippen LogP) is 1.86. The number of alkyl halides is 2. The normalized spacial score (nSPS) is 15.8. The van der Waals surface area contributed by atoms with Gasteiger partial charge in [-0.3, -0.25) is 19.3 Å². The van der Waals surface area contributed by atoms with Gasteiger partial charge in [0.1, 0.15) is 6.04 Å². The van der Waals surface area contributed by atoms with Gasteiger partial charge < -0.3 is 10.1 Å². The lowest BCUT2D eigenvalue weighted by atomic mass is 10.1. The van der Waals surface area contributed by atoms with Crippen LogP contribution in [0.3, 0.4) is 0 Å². The minimum atomic E-state index is -2.70. The Balaban J connectivity index is 1.65. The first-order chi connectivity index (χ1) is 14.8. The van der Waals surface area contributed by atoms with Crippen LogP contribution >= 0.6 is 0 Å². The zero-order chi connectivity index (χ0) is 22.5. The number of methoxy groups -OCH3 is 1. The molecular weight excluding hydrogens is 410 g/mol. The number of amides is 3. The zero-order valence-electron chi connectivity index (χ0n) is 16.6. The van der Waals surface area contributed by atoms with Crippen LogP contribution in [0, 0.1) is 0 Å². The topological polar surface area (TPSA) is 92.8 Å². The zero-order valence-corrected chi connectivity index (χ0v) is 16.6. The van der Waals surface area contributed by atoms with Crippen LogP contribution in [-0.2, 0) is 20.7 Å². The van der Waals surface area contributed by atoms with E-state index in [4.69, 9.17) is 0 Å².